The molecular formula is C12H12BrCl2NO4S. The number of hydrogen-bond donors (Lipinski definition) is 1. The number of rotatable bonds is 3. The highest BCUT2D eigenvalue weighted by atomic mass is 79.9. The van der Waals surface area contributed by atoms with Gasteiger partial charge in [0.05, 0.1) is 16.0 Å². The number of carbonyl (C=O) groups is 1. The van der Waals surface area contributed by atoms with E-state index in [1.165, 1.54) is 12.1 Å². The van der Waals surface area contributed by atoms with E-state index in [4.69, 9.17) is 28.3 Å². The molecule has 1 saturated heterocycles. The summed E-state index contributed by atoms with van der Waals surface area (Å²) < 4.78 is 27.0. The van der Waals surface area contributed by atoms with Crippen LogP contribution in [0.15, 0.2) is 21.5 Å². The highest BCUT2D eigenvalue weighted by Gasteiger charge is 2.35. The zero-order valence-electron chi connectivity index (χ0n) is 10.7. The second kappa shape index (κ2) is 6.42. The van der Waals surface area contributed by atoms with Crippen LogP contribution >= 0.6 is 39.1 Å². The number of nitrogens with zero attached hydrogens (tertiary/aromatic N) is 1. The lowest BCUT2D eigenvalue weighted by Crippen LogP contribution is -2.42. The van der Waals surface area contributed by atoms with Gasteiger partial charge in [0.15, 0.2) is 0 Å². The van der Waals surface area contributed by atoms with Crippen molar-refractivity contribution >= 4 is 55.1 Å². The van der Waals surface area contributed by atoms with Crippen LogP contribution in [-0.4, -0.2) is 36.9 Å². The average molecular weight is 417 g/mol. The molecule has 1 aliphatic rings. The molecule has 0 radical (unpaired) electrons. The van der Waals surface area contributed by atoms with E-state index in [-0.39, 0.29) is 28.0 Å². The van der Waals surface area contributed by atoms with Gasteiger partial charge in [0, 0.05) is 17.6 Å². The average Bonchev–Trinajstić information content (AvgIpc) is 2.37. The number of halogens is 3. The second-order valence-corrected chi connectivity index (χ2v) is 8.34. The first-order valence-corrected chi connectivity index (χ1v) is 9.10. The third-order valence-corrected chi connectivity index (χ3v) is 6.54. The van der Waals surface area contributed by atoms with Crippen LogP contribution in [0.5, 0.6) is 0 Å². The van der Waals surface area contributed by atoms with Gasteiger partial charge in [-0.15, -0.1) is 0 Å². The minimum absolute atomic E-state index is 0.00632. The topological polar surface area (TPSA) is 74.7 Å². The fourth-order valence-corrected chi connectivity index (χ4v) is 5.67. The van der Waals surface area contributed by atoms with Gasteiger partial charge in [-0.25, -0.2) is 8.42 Å². The molecule has 1 aromatic carbocycles. The summed E-state index contributed by atoms with van der Waals surface area (Å²) >= 11 is 15.2. The van der Waals surface area contributed by atoms with Crippen molar-refractivity contribution in [3.05, 3.63) is 26.7 Å². The van der Waals surface area contributed by atoms with Gasteiger partial charge in [-0.1, -0.05) is 39.1 Å². The Morgan fingerprint density at radius 1 is 1.33 bits per heavy atom. The SMILES string of the molecule is O=C(O)[C@@H]1CCCN(S(=O)(=O)c2c(Cl)cc(Br)cc2Cl)C1. The van der Waals surface area contributed by atoms with Crippen molar-refractivity contribution in [3.63, 3.8) is 0 Å². The van der Waals surface area contributed by atoms with Crippen molar-refractivity contribution in [1.82, 2.24) is 4.31 Å². The smallest absolute Gasteiger partial charge is 0.307 e. The van der Waals surface area contributed by atoms with Crippen LogP contribution in [0.25, 0.3) is 0 Å². The molecule has 1 atom stereocenters. The molecule has 0 unspecified atom stereocenters. The molecule has 1 fully saturated rings. The number of carboxylic acid groups (broad SMARTS) is 1. The summed E-state index contributed by atoms with van der Waals surface area (Å²) in [6, 6.07) is 2.89. The summed E-state index contributed by atoms with van der Waals surface area (Å²) in [5.41, 5.74) is 0. The van der Waals surface area contributed by atoms with E-state index < -0.39 is 21.9 Å². The summed E-state index contributed by atoms with van der Waals surface area (Å²) in [5.74, 6) is -1.70. The van der Waals surface area contributed by atoms with Crippen LogP contribution in [0.2, 0.25) is 10.0 Å². The minimum atomic E-state index is -3.92. The summed E-state index contributed by atoms with van der Waals surface area (Å²) in [6.07, 6.45) is 0.950. The fourth-order valence-electron chi connectivity index (χ4n) is 2.27. The molecule has 9 heteroatoms. The third-order valence-electron chi connectivity index (χ3n) is 3.29. The Morgan fingerprint density at radius 2 is 1.90 bits per heavy atom. The Bertz CT molecular complexity index is 657. The van der Waals surface area contributed by atoms with Crippen LogP contribution in [0.1, 0.15) is 12.8 Å². The third kappa shape index (κ3) is 3.53. The van der Waals surface area contributed by atoms with Crippen molar-refractivity contribution < 1.29 is 18.3 Å². The van der Waals surface area contributed by atoms with Gasteiger partial charge in [-0.05, 0) is 25.0 Å². The van der Waals surface area contributed by atoms with E-state index in [1.807, 2.05) is 0 Å². The molecule has 1 heterocycles. The van der Waals surface area contributed by atoms with Gasteiger partial charge in [0.2, 0.25) is 10.0 Å². The largest absolute Gasteiger partial charge is 0.481 e. The van der Waals surface area contributed by atoms with Crippen LogP contribution in [0.3, 0.4) is 0 Å². The molecule has 0 aromatic heterocycles. The monoisotopic (exact) mass is 415 g/mol. The van der Waals surface area contributed by atoms with Crippen molar-refractivity contribution in [1.29, 1.82) is 0 Å². The molecule has 116 valence electrons. The van der Waals surface area contributed by atoms with Crippen LogP contribution in [0.4, 0.5) is 0 Å². The lowest BCUT2D eigenvalue weighted by molar-refractivity contribution is -0.142. The molecule has 1 aromatic rings. The number of sulfonamides is 1. The maximum Gasteiger partial charge on any atom is 0.307 e. The Labute approximate surface area is 141 Å². The Balaban J connectivity index is 2.41. The first-order valence-electron chi connectivity index (χ1n) is 6.11. The second-order valence-electron chi connectivity index (χ2n) is 4.74. The Hall–Kier alpha value is -0.340. The lowest BCUT2D eigenvalue weighted by Gasteiger charge is -2.30. The molecular weight excluding hydrogens is 405 g/mol. The normalized spacial score (nSPS) is 20.4. The van der Waals surface area contributed by atoms with Crippen molar-refractivity contribution in [3.8, 4) is 0 Å². The molecule has 0 bridgehead atoms. The lowest BCUT2D eigenvalue weighted by atomic mass is 10.0. The fraction of sp³-hybridized carbons (Fsp3) is 0.417. The van der Waals surface area contributed by atoms with Crippen molar-refractivity contribution in [2.45, 2.75) is 17.7 Å². The van der Waals surface area contributed by atoms with Crippen LogP contribution in [-0.2, 0) is 14.8 Å². The predicted molar refractivity (Wildman–Crippen MR) is 83.3 cm³/mol. The molecule has 0 spiro atoms. The highest BCUT2D eigenvalue weighted by Crippen LogP contribution is 2.36. The minimum Gasteiger partial charge on any atom is -0.481 e. The van der Waals surface area contributed by atoms with E-state index in [1.54, 1.807) is 0 Å². The summed E-state index contributed by atoms with van der Waals surface area (Å²) in [5, 5.41) is 9.07. The quantitative estimate of drug-likeness (QED) is 0.820. The van der Waals surface area contributed by atoms with Crippen molar-refractivity contribution in [2.75, 3.05) is 13.1 Å². The summed E-state index contributed by atoms with van der Waals surface area (Å²) in [7, 11) is -3.92. The number of aliphatic carboxylic acids is 1. The Morgan fingerprint density at radius 3 is 2.43 bits per heavy atom. The van der Waals surface area contributed by atoms with Gasteiger partial charge in [0.1, 0.15) is 4.90 Å². The van der Waals surface area contributed by atoms with Gasteiger partial charge < -0.3 is 5.11 Å². The maximum atomic E-state index is 12.7. The highest BCUT2D eigenvalue weighted by molar-refractivity contribution is 9.10. The zero-order valence-corrected chi connectivity index (χ0v) is 14.6. The zero-order chi connectivity index (χ0) is 15.8. The van der Waals surface area contributed by atoms with E-state index in [0.717, 1.165) is 4.31 Å². The molecule has 0 aliphatic carbocycles. The van der Waals surface area contributed by atoms with E-state index in [2.05, 4.69) is 15.9 Å². The van der Waals surface area contributed by atoms with Crippen LogP contribution in [0, 0.1) is 5.92 Å². The molecule has 1 aliphatic heterocycles. The van der Waals surface area contributed by atoms with E-state index >= 15 is 0 Å². The number of benzene rings is 1. The van der Waals surface area contributed by atoms with Gasteiger partial charge in [-0.3, -0.25) is 4.79 Å². The summed E-state index contributed by atoms with van der Waals surface area (Å²) in [4.78, 5) is 10.9. The molecule has 2 rings (SSSR count). The maximum absolute atomic E-state index is 12.7. The number of hydrogen-bond acceptors (Lipinski definition) is 3. The first kappa shape index (κ1) is 17.0. The van der Waals surface area contributed by atoms with Gasteiger partial charge in [0.25, 0.3) is 0 Å². The first-order chi connectivity index (χ1) is 9.73. The van der Waals surface area contributed by atoms with Gasteiger partial charge >= 0.3 is 5.97 Å². The van der Waals surface area contributed by atoms with Crippen LogP contribution < -0.4 is 0 Å². The Kier molecular flexibility index (Phi) is 5.20. The van der Waals surface area contributed by atoms with E-state index in [0.29, 0.717) is 17.3 Å². The molecule has 1 N–H and O–H groups in total. The molecule has 21 heavy (non-hydrogen) atoms. The van der Waals surface area contributed by atoms with Crippen molar-refractivity contribution in [2.24, 2.45) is 5.92 Å². The molecule has 5 nitrogen and oxygen atoms in total. The van der Waals surface area contributed by atoms with E-state index in [9.17, 15) is 13.2 Å². The van der Waals surface area contributed by atoms with Gasteiger partial charge in [-0.2, -0.15) is 4.31 Å². The predicted octanol–water partition coefficient (Wildman–Crippen LogP) is 3.24. The summed E-state index contributed by atoms with van der Waals surface area (Å²) in [6.45, 7) is 0.190. The molecule has 0 saturated carbocycles. The standard InChI is InChI=1S/C12H12BrCl2NO4S/c13-8-4-9(14)11(10(15)5-8)21(19,20)16-3-1-2-7(6-16)12(17)18/h4-5,7H,1-3,6H2,(H,17,18)/t7-/m1/s1. The molecule has 0 amide bonds. The number of carboxylic acids is 1. The number of piperidine rings is 1.